The van der Waals surface area contributed by atoms with Crippen LogP contribution in [0.15, 0.2) is 36.9 Å². The number of benzene rings is 1. The zero-order chi connectivity index (χ0) is 13.2. The van der Waals surface area contributed by atoms with Crippen molar-refractivity contribution in [2.45, 2.75) is 12.8 Å². The Morgan fingerprint density at radius 3 is 3.06 bits per heavy atom. The largest absolute Gasteiger partial charge is 0.399 e. The van der Waals surface area contributed by atoms with E-state index in [-0.39, 0.29) is 5.91 Å². The van der Waals surface area contributed by atoms with Crippen LogP contribution in [0, 0.1) is 0 Å². The van der Waals surface area contributed by atoms with Gasteiger partial charge in [0.1, 0.15) is 0 Å². The van der Waals surface area contributed by atoms with Crippen LogP contribution in [0.1, 0.15) is 12.0 Å². The van der Waals surface area contributed by atoms with Crippen LogP contribution < -0.4 is 11.1 Å². The van der Waals surface area contributed by atoms with Gasteiger partial charge in [-0.25, -0.2) is 0 Å². The number of ether oxygens (including phenoxy) is 1. The molecule has 4 nitrogen and oxygen atoms in total. The number of hydrogen-bond donors (Lipinski definition) is 2. The molecule has 0 saturated carbocycles. The zero-order valence-electron chi connectivity index (χ0n) is 10.5. The average Bonchev–Trinajstić information content (AvgIpc) is 2.36. The van der Waals surface area contributed by atoms with Gasteiger partial charge in [-0.1, -0.05) is 18.2 Å². The summed E-state index contributed by atoms with van der Waals surface area (Å²) in [6, 6.07) is 7.59. The third kappa shape index (κ3) is 6.06. The minimum Gasteiger partial charge on any atom is -0.399 e. The molecule has 0 unspecified atom stereocenters. The normalized spacial score (nSPS) is 10.0. The lowest BCUT2D eigenvalue weighted by atomic mass is 10.1. The average molecular weight is 248 g/mol. The molecule has 0 heterocycles. The summed E-state index contributed by atoms with van der Waals surface area (Å²) in [5.74, 6) is 0.0274. The predicted octanol–water partition coefficient (Wildman–Crippen LogP) is 1.52. The lowest BCUT2D eigenvalue weighted by Crippen LogP contribution is -2.27. The lowest BCUT2D eigenvalue weighted by Gasteiger charge is -2.05. The Balaban J connectivity index is 2.15. The second-order valence-corrected chi connectivity index (χ2v) is 3.96. The molecule has 0 aliphatic carbocycles. The van der Waals surface area contributed by atoms with Crippen LogP contribution in [0.25, 0.3) is 0 Å². The molecule has 4 heteroatoms. The molecule has 18 heavy (non-hydrogen) atoms. The number of hydrogen-bond acceptors (Lipinski definition) is 3. The molecular formula is C14H20N2O2. The van der Waals surface area contributed by atoms with E-state index in [0.717, 1.165) is 11.3 Å². The Kier molecular flexibility index (Phi) is 6.58. The molecule has 1 rings (SSSR count). The fraction of sp³-hybridized carbons (Fsp3) is 0.357. The van der Waals surface area contributed by atoms with Crippen molar-refractivity contribution in [3.63, 3.8) is 0 Å². The summed E-state index contributed by atoms with van der Waals surface area (Å²) in [5, 5.41) is 2.80. The monoisotopic (exact) mass is 248 g/mol. The van der Waals surface area contributed by atoms with Crippen LogP contribution in [0.4, 0.5) is 5.69 Å². The molecule has 1 aromatic carbocycles. The molecule has 0 spiro atoms. The van der Waals surface area contributed by atoms with Gasteiger partial charge in [0.2, 0.25) is 5.91 Å². The van der Waals surface area contributed by atoms with Crippen LogP contribution in [-0.4, -0.2) is 25.7 Å². The van der Waals surface area contributed by atoms with E-state index in [9.17, 15) is 4.79 Å². The number of nitrogens with one attached hydrogen (secondary N) is 1. The van der Waals surface area contributed by atoms with Crippen LogP contribution in [0.2, 0.25) is 0 Å². The quantitative estimate of drug-likeness (QED) is 0.416. The summed E-state index contributed by atoms with van der Waals surface area (Å²) in [7, 11) is 0. The van der Waals surface area contributed by atoms with Gasteiger partial charge in [-0.15, -0.1) is 6.58 Å². The van der Waals surface area contributed by atoms with Gasteiger partial charge in [0.05, 0.1) is 13.2 Å². The topological polar surface area (TPSA) is 64.3 Å². The van der Waals surface area contributed by atoms with E-state index in [1.54, 1.807) is 6.08 Å². The molecule has 1 aromatic rings. The molecule has 98 valence electrons. The van der Waals surface area contributed by atoms with Crippen LogP contribution in [0.5, 0.6) is 0 Å². The number of amides is 1. The first kappa shape index (κ1) is 14.3. The van der Waals surface area contributed by atoms with Gasteiger partial charge in [-0.05, 0) is 24.1 Å². The highest BCUT2D eigenvalue weighted by Gasteiger charge is 2.01. The number of nitrogen functional groups attached to an aromatic ring is 1. The van der Waals surface area contributed by atoms with E-state index < -0.39 is 0 Å². The first-order valence-electron chi connectivity index (χ1n) is 6.02. The van der Waals surface area contributed by atoms with E-state index in [2.05, 4.69) is 11.9 Å². The van der Waals surface area contributed by atoms with Gasteiger partial charge in [0.25, 0.3) is 0 Å². The smallest absolute Gasteiger partial charge is 0.220 e. The Hall–Kier alpha value is -1.81. The van der Waals surface area contributed by atoms with Crippen molar-refractivity contribution >= 4 is 11.6 Å². The minimum absolute atomic E-state index is 0.0274. The number of carbonyl (C=O) groups is 1. The first-order valence-corrected chi connectivity index (χ1v) is 6.02. The Morgan fingerprint density at radius 1 is 1.50 bits per heavy atom. The Labute approximate surface area is 108 Å². The Morgan fingerprint density at radius 2 is 2.33 bits per heavy atom. The third-order valence-corrected chi connectivity index (χ3v) is 2.40. The van der Waals surface area contributed by atoms with E-state index >= 15 is 0 Å². The van der Waals surface area contributed by atoms with Crippen molar-refractivity contribution in [1.82, 2.24) is 5.32 Å². The van der Waals surface area contributed by atoms with Gasteiger partial charge in [0, 0.05) is 18.7 Å². The summed E-state index contributed by atoms with van der Waals surface area (Å²) >= 11 is 0. The maximum Gasteiger partial charge on any atom is 0.220 e. The third-order valence-electron chi connectivity index (χ3n) is 2.40. The first-order chi connectivity index (χ1) is 8.72. The summed E-state index contributed by atoms with van der Waals surface area (Å²) in [6.07, 6.45) is 2.84. The lowest BCUT2D eigenvalue weighted by molar-refractivity contribution is -0.121. The van der Waals surface area contributed by atoms with Crippen molar-refractivity contribution < 1.29 is 9.53 Å². The van der Waals surface area contributed by atoms with Crippen molar-refractivity contribution in [2.75, 3.05) is 25.5 Å². The van der Waals surface area contributed by atoms with Crippen molar-refractivity contribution in [3.8, 4) is 0 Å². The fourth-order valence-electron chi connectivity index (χ4n) is 1.52. The number of nitrogens with two attached hydrogens (primary N) is 1. The van der Waals surface area contributed by atoms with Crippen LogP contribution >= 0.6 is 0 Å². The fourth-order valence-corrected chi connectivity index (χ4v) is 1.52. The standard InChI is InChI=1S/C14H20N2O2/c1-2-9-18-10-8-16-14(17)7-6-12-4-3-5-13(15)11-12/h2-5,11H,1,6-10,15H2,(H,16,17). The molecular weight excluding hydrogens is 228 g/mol. The Bertz CT molecular complexity index is 391. The maximum absolute atomic E-state index is 11.5. The zero-order valence-corrected chi connectivity index (χ0v) is 10.5. The van der Waals surface area contributed by atoms with Crippen LogP contribution in [0.3, 0.4) is 0 Å². The number of carbonyl (C=O) groups excluding carboxylic acids is 1. The number of rotatable bonds is 8. The molecule has 3 N–H and O–H groups in total. The van der Waals surface area contributed by atoms with Gasteiger partial charge in [-0.2, -0.15) is 0 Å². The van der Waals surface area contributed by atoms with Crippen molar-refractivity contribution in [2.24, 2.45) is 0 Å². The molecule has 1 amide bonds. The highest BCUT2D eigenvalue weighted by atomic mass is 16.5. The van der Waals surface area contributed by atoms with Gasteiger partial charge in [0.15, 0.2) is 0 Å². The summed E-state index contributed by atoms with van der Waals surface area (Å²) in [4.78, 5) is 11.5. The van der Waals surface area contributed by atoms with Crippen molar-refractivity contribution in [1.29, 1.82) is 0 Å². The van der Waals surface area contributed by atoms with Gasteiger partial charge in [-0.3, -0.25) is 4.79 Å². The summed E-state index contributed by atoms with van der Waals surface area (Å²) < 4.78 is 5.16. The summed E-state index contributed by atoms with van der Waals surface area (Å²) in [6.45, 7) is 5.10. The molecule has 0 aliphatic heterocycles. The van der Waals surface area contributed by atoms with Crippen LogP contribution in [-0.2, 0) is 16.0 Å². The molecule has 0 atom stereocenters. The van der Waals surface area contributed by atoms with E-state index in [4.69, 9.17) is 10.5 Å². The van der Waals surface area contributed by atoms with E-state index in [1.165, 1.54) is 0 Å². The highest BCUT2D eigenvalue weighted by Crippen LogP contribution is 2.08. The second-order valence-electron chi connectivity index (χ2n) is 3.96. The maximum atomic E-state index is 11.5. The minimum atomic E-state index is 0.0274. The number of anilines is 1. The molecule has 0 bridgehead atoms. The van der Waals surface area contributed by atoms with Gasteiger partial charge >= 0.3 is 0 Å². The van der Waals surface area contributed by atoms with E-state index in [0.29, 0.717) is 32.6 Å². The molecule has 0 saturated heterocycles. The second kappa shape index (κ2) is 8.31. The van der Waals surface area contributed by atoms with E-state index in [1.807, 2.05) is 24.3 Å². The predicted molar refractivity (Wildman–Crippen MR) is 73.2 cm³/mol. The number of aryl methyl sites for hydroxylation is 1. The molecule has 0 aliphatic rings. The van der Waals surface area contributed by atoms with Gasteiger partial charge < -0.3 is 15.8 Å². The summed E-state index contributed by atoms with van der Waals surface area (Å²) in [5.41, 5.74) is 7.47. The molecule has 0 aromatic heterocycles. The molecule has 0 radical (unpaired) electrons. The molecule has 0 fully saturated rings. The highest BCUT2D eigenvalue weighted by molar-refractivity contribution is 5.76. The SMILES string of the molecule is C=CCOCCNC(=O)CCc1cccc(N)c1. The van der Waals surface area contributed by atoms with Crippen molar-refractivity contribution in [3.05, 3.63) is 42.5 Å².